The quantitative estimate of drug-likeness (QED) is 0.487. The molecule has 2 saturated heterocycles. The van der Waals surface area contributed by atoms with Gasteiger partial charge in [-0.05, 0) is 34.6 Å². The van der Waals surface area contributed by atoms with Crippen molar-refractivity contribution in [3.8, 4) is 0 Å². The summed E-state index contributed by atoms with van der Waals surface area (Å²) in [4.78, 5) is 14.1. The Kier molecular flexibility index (Phi) is 3.75. The highest BCUT2D eigenvalue weighted by molar-refractivity contribution is 8.01. The SMILES string of the molecule is C=C[C@@H]1N2C(=O)[C@@H](NCOC(C)(C)C)[C@H]2SC1(C)C. The van der Waals surface area contributed by atoms with Crippen molar-refractivity contribution in [2.24, 2.45) is 0 Å². The van der Waals surface area contributed by atoms with E-state index in [1.807, 2.05) is 43.5 Å². The summed E-state index contributed by atoms with van der Waals surface area (Å²) >= 11 is 1.84. The number of nitrogens with one attached hydrogen (secondary N) is 1. The highest BCUT2D eigenvalue weighted by Gasteiger charge is 2.60. The Morgan fingerprint density at radius 3 is 2.68 bits per heavy atom. The van der Waals surface area contributed by atoms with Gasteiger partial charge in [-0.25, -0.2) is 0 Å². The zero-order valence-electron chi connectivity index (χ0n) is 12.4. The molecule has 0 aliphatic carbocycles. The third-order valence-electron chi connectivity index (χ3n) is 3.55. The number of rotatable bonds is 4. The van der Waals surface area contributed by atoms with E-state index in [1.165, 1.54) is 0 Å². The fourth-order valence-electron chi connectivity index (χ4n) is 2.56. The van der Waals surface area contributed by atoms with Crippen molar-refractivity contribution in [3.63, 3.8) is 0 Å². The molecule has 2 fully saturated rings. The maximum atomic E-state index is 12.2. The van der Waals surface area contributed by atoms with Crippen LogP contribution in [0.15, 0.2) is 12.7 Å². The van der Waals surface area contributed by atoms with Crippen LogP contribution in [0.5, 0.6) is 0 Å². The second kappa shape index (κ2) is 4.79. The first-order valence-electron chi connectivity index (χ1n) is 6.67. The molecule has 108 valence electrons. The van der Waals surface area contributed by atoms with Crippen LogP contribution >= 0.6 is 11.8 Å². The lowest BCUT2D eigenvalue weighted by molar-refractivity contribution is -0.149. The summed E-state index contributed by atoms with van der Waals surface area (Å²) in [5.41, 5.74) is -0.189. The Balaban J connectivity index is 1.94. The summed E-state index contributed by atoms with van der Waals surface area (Å²) in [5.74, 6) is 0.158. The molecule has 1 amide bonds. The van der Waals surface area contributed by atoms with Gasteiger partial charge in [-0.2, -0.15) is 0 Å². The molecule has 2 aliphatic heterocycles. The summed E-state index contributed by atoms with van der Waals surface area (Å²) in [7, 11) is 0. The Morgan fingerprint density at radius 2 is 2.16 bits per heavy atom. The molecule has 2 rings (SSSR count). The van der Waals surface area contributed by atoms with Crippen LogP contribution in [-0.2, 0) is 9.53 Å². The number of thioether (sulfide) groups is 1. The Hall–Kier alpha value is -0.520. The Labute approximate surface area is 119 Å². The average Bonchev–Trinajstić information content (AvgIpc) is 2.51. The van der Waals surface area contributed by atoms with Crippen molar-refractivity contribution < 1.29 is 9.53 Å². The fourth-order valence-corrected chi connectivity index (χ4v) is 4.22. The zero-order valence-corrected chi connectivity index (χ0v) is 13.2. The van der Waals surface area contributed by atoms with Gasteiger partial charge in [0.05, 0.1) is 18.4 Å². The standard InChI is InChI=1S/C14H24N2O2S/c1-7-9-14(5,6)19-12-10(11(17)16(9)12)15-8-18-13(2,3)4/h7,9-10,12,15H,1,8H2,2-6H3/t9-,10+,12+/m0/s1. The monoisotopic (exact) mass is 284 g/mol. The molecule has 0 unspecified atom stereocenters. The van der Waals surface area contributed by atoms with Gasteiger partial charge < -0.3 is 9.64 Å². The average molecular weight is 284 g/mol. The van der Waals surface area contributed by atoms with Crippen LogP contribution in [0.2, 0.25) is 0 Å². The molecule has 0 saturated carbocycles. The minimum atomic E-state index is -0.189. The van der Waals surface area contributed by atoms with E-state index in [2.05, 4.69) is 25.7 Å². The molecule has 19 heavy (non-hydrogen) atoms. The second-order valence-corrected chi connectivity index (χ2v) is 8.39. The minimum Gasteiger partial charge on any atom is -0.361 e. The third-order valence-corrected chi connectivity index (χ3v) is 5.14. The van der Waals surface area contributed by atoms with Crippen molar-refractivity contribution in [3.05, 3.63) is 12.7 Å². The lowest BCUT2D eigenvalue weighted by atomic mass is 9.96. The van der Waals surface area contributed by atoms with Crippen LogP contribution in [0.4, 0.5) is 0 Å². The molecule has 0 aromatic carbocycles. The van der Waals surface area contributed by atoms with E-state index in [1.54, 1.807) is 0 Å². The topological polar surface area (TPSA) is 41.6 Å². The number of hydrogen-bond donors (Lipinski definition) is 1. The van der Waals surface area contributed by atoms with Gasteiger partial charge in [0.2, 0.25) is 5.91 Å². The molecule has 2 heterocycles. The third kappa shape index (κ3) is 2.69. The van der Waals surface area contributed by atoms with Crippen molar-refractivity contribution in [1.29, 1.82) is 0 Å². The lowest BCUT2D eigenvalue weighted by Gasteiger charge is -2.44. The molecule has 0 aromatic rings. The van der Waals surface area contributed by atoms with Crippen molar-refractivity contribution >= 4 is 17.7 Å². The van der Waals surface area contributed by atoms with E-state index in [4.69, 9.17) is 4.74 Å². The van der Waals surface area contributed by atoms with Crippen molar-refractivity contribution in [2.75, 3.05) is 6.73 Å². The Bertz CT molecular complexity index is 389. The van der Waals surface area contributed by atoms with E-state index in [0.717, 1.165) is 0 Å². The normalized spacial score (nSPS) is 33.0. The number of ether oxygens (including phenoxy) is 1. The molecule has 3 atom stereocenters. The van der Waals surface area contributed by atoms with E-state index >= 15 is 0 Å². The summed E-state index contributed by atoms with van der Waals surface area (Å²) in [5, 5.41) is 3.41. The molecule has 2 aliphatic rings. The molecule has 0 radical (unpaired) electrons. The number of fused-ring (bicyclic) bond motifs is 1. The van der Waals surface area contributed by atoms with E-state index < -0.39 is 0 Å². The predicted molar refractivity (Wildman–Crippen MR) is 78.9 cm³/mol. The fraction of sp³-hybridized carbons (Fsp3) is 0.786. The van der Waals surface area contributed by atoms with Gasteiger partial charge in [0, 0.05) is 4.75 Å². The van der Waals surface area contributed by atoms with Crippen LogP contribution in [0, 0.1) is 0 Å². The van der Waals surface area contributed by atoms with Crippen LogP contribution in [0.25, 0.3) is 0 Å². The second-order valence-electron chi connectivity index (χ2n) is 6.62. The summed E-state index contributed by atoms with van der Waals surface area (Å²) in [6, 6.07) is -0.00633. The summed E-state index contributed by atoms with van der Waals surface area (Å²) in [6.45, 7) is 14.6. The van der Waals surface area contributed by atoms with Crippen molar-refractivity contribution in [1.82, 2.24) is 10.2 Å². The molecule has 4 nitrogen and oxygen atoms in total. The van der Waals surface area contributed by atoms with Gasteiger partial charge in [0.25, 0.3) is 0 Å². The van der Waals surface area contributed by atoms with Crippen LogP contribution in [0.3, 0.4) is 0 Å². The first kappa shape index (κ1) is 14.9. The van der Waals surface area contributed by atoms with E-state index in [0.29, 0.717) is 6.73 Å². The largest absolute Gasteiger partial charge is 0.361 e. The number of nitrogens with zero attached hydrogens (tertiary/aromatic N) is 1. The first-order valence-corrected chi connectivity index (χ1v) is 7.55. The van der Waals surface area contributed by atoms with Gasteiger partial charge in [-0.3, -0.25) is 10.1 Å². The van der Waals surface area contributed by atoms with Gasteiger partial charge in [0.1, 0.15) is 11.4 Å². The lowest BCUT2D eigenvalue weighted by Crippen LogP contribution is -2.68. The smallest absolute Gasteiger partial charge is 0.244 e. The molecule has 0 aromatic heterocycles. The van der Waals surface area contributed by atoms with Crippen LogP contribution in [0.1, 0.15) is 34.6 Å². The molecular weight excluding hydrogens is 260 g/mol. The number of carbonyl (C=O) groups is 1. The summed E-state index contributed by atoms with van der Waals surface area (Å²) in [6.07, 6.45) is 1.88. The molecule has 0 spiro atoms. The number of carbonyl (C=O) groups excluding carboxylic acids is 1. The minimum absolute atomic E-state index is 0.0311. The number of β-lactam (4-membered cyclic amide) rings is 1. The van der Waals surface area contributed by atoms with Gasteiger partial charge in [-0.15, -0.1) is 18.3 Å². The Morgan fingerprint density at radius 1 is 1.53 bits per heavy atom. The van der Waals surface area contributed by atoms with Crippen LogP contribution < -0.4 is 5.32 Å². The molecule has 0 bridgehead atoms. The van der Waals surface area contributed by atoms with Gasteiger partial charge in [0.15, 0.2) is 0 Å². The first-order chi connectivity index (χ1) is 8.67. The van der Waals surface area contributed by atoms with E-state index in [9.17, 15) is 4.79 Å². The highest BCUT2D eigenvalue weighted by atomic mass is 32.2. The van der Waals surface area contributed by atoms with Gasteiger partial charge in [-0.1, -0.05) is 6.08 Å². The molecule has 1 N–H and O–H groups in total. The van der Waals surface area contributed by atoms with Crippen LogP contribution in [-0.4, -0.2) is 45.3 Å². The number of amides is 1. The maximum Gasteiger partial charge on any atom is 0.244 e. The van der Waals surface area contributed by atoms with Crippen molar-refractivity contribution in [2.45, 2.75) is 62.4 Å². The molecule has 5 heteroatoms. The number of hydrogen-bond acceptors (Lipinski definition) is 4. The zero-order chi connectivity index (χ0) is 14.4. The van der Waals surface area contributed by atoms with E-state index in [-0.39, 0.29) is 33.7 Å². The summed E-state index contributed by atoms with van der Waals surface area (Å²) < 4.78 is 5.66. The molecular formula is C14H24N2O2S. The van der Waals surface area contributed by atoms with Gasteiger partial charge >= 0.3 is 0 Å². The maximum absolute atomic E-state index is 12.2. The predicted octanol–water partition coefficient (Wildman–Crippen LogP) is 1.97. The highest BCUT2D eigenvalue weighted by Crippen LogP contribution is 2.50.